The van der Waals surface area contributed by atoms with Gasteiger partial charge in [-0.25, -0.2) is 0 Å². The number of rotatable bonds is 6. The second-order valence-corrected chi connectivity index (χ2v) is 5.21. The first-order chi connectivity index (χ1) is 8.00. The average molecular weight is 255 g/mol. The van der Waals surface area contributed by atoms with E-state index in [0.717, 1.165) is 24.5 Å². The van der Waals surface area contributed by atoms with Gasteiger partial charge in [0.25, 0.3) is 0 Å². The summed E-state index contributed by atoms with van der Waals surface area (Å²) in [5, 5.41) is 4.38. The van der Waals surface area contributed by atoms with Crippen LogP contribution in [0.25, 0.3) is 0 Å². The molecule has 1 rings (SSSR count). The molecule has 1 aromatic rings. The molecule has 0 aliphatic rings. The van der Waals surface area contributed by atoms with Gasteiger partial charge in [-0.15, -0.1) is 0 Å². The Bertz CT molecular complexity index is 331. The summed E-state index contributed by atoms with van der Waals surface area (Å²) in [5.74, 6) is 0. The molecule has 0 amide bonds. The highest BCUT2D eigenvalue weighted by Crippen LogP contribution is 2.18. The van der Waals surface area contributed by atoms with Crippen LogP contribution >= 0.6 is 11.6 Å². The van der Waals surface area contributed by atoms with Gasteiger partial charge >= 0.3 is 0 Å². The minimum atomic E-state index is 0.223. The predicted octanol–water partition coefficient (Wildman–Crippen LogP) is 3.90. The molecule has 2 nitrogen and oxygen atoms in total. The van der Waals surface area contributed by atoms with Crippen molar-refractivity contribution < 1.29 is 0 Å². The molecule has 96 valence electrons. The third kappa shape index (κ3) is 4.21. The maximum Gasteiger partial charge on any atom is 0.0682 e. The Labute approximate surface area is 110 Å². The average Bonchev–Trinajstić information content (AvgIpc) is 2.36. The van der Waals surface area contributed by atoms with Gasteiger partial charge in [0.05, 0.1) is 6.67 Å². The molecule has 0 fully saturated rings. The van der Waals surface area contributed by atoms with E-state index in [0.29, 0.717) is 0 Å². The Morgan fingerprint density at radius 3 is 2.18 bits per heavy atom. The van der Waals surface area contributed by atoms with Crippen LogP contribution in [0.3, 0.4) is 0 Å². The fraction of sp³-hybridized carbons (Fsp3) is 0.571. The Balaban J connectivity index is 2.55. The summed E-state index contributed by atoms with van der Waals surface area (Å²) in [7, 11) is 2.09. The molecule has 0 aliphatic heterocycles. The van der Waals surface area contributed by atoms with Gasteiger partial charge < -0.3 is 4.90 Å². The zero-order valence-electron chi connectivity index (χ0n) is 11.3. The quantitative estimate of drug-likeness (QED) is 0.775. The van der Waals surface area contributed by atoms with Crippen LogP contribution in [-0.4, -0.2) is 19.3 Å². The van der Waals surface area contributed by atoms with Crippen LogP contribution in [0.2, 0.25) is 5.02 Å². The van der Waals surface area contributed by atoms with Crippen LogP contribution in [0.1, 0.15) is 33.6 Å². The molecule has 0 radical (unpaired) electrons. The number of hydrogen-bond acceptors (Lipinski definition) is 2. The van der Waals surface area contributed by atoms with E-state index in [1.807, 2.05) is 24.3 Å². The molecule has 0 aliphatic carbocycles. The standard InChI is InChI=1S/C14H23ClN2/c1-5-14(3,6-2)16-11-17(4)13-9-7-12(15)8-10-13/h7-10,16H,5-6,11H2,1-4H3. The van der Waals surface area contributed by atoms with Gasteiger partial charge in [0.1, 0.15) is 0 Å². The zero-order chi connectivity index (χ0) is 12.9. The van der Waals surface area contributed by atoms with Crippen molar-refractivity contribution in [3.63, 3.8) is 0 Å². The molecule has 0 spiro atoms. The van der Waals surface area contributed by atoms with Crippen LogP contribution in [0, 0.1) is 0 Å². The summed E-state index contributed by atoms with van der Waals surface area (Å²) < 4.78 is 0. The molecule has 1 N–H and O–H groups in total. The van der Waals surface area contributed by atoms with Crippen LogP contribution in [0.4, 0.5) is 5.69 Å². The maximum atomic E-state index is 5.88. The van der Waals surface area contributed by atoms with Crippen molar-refractivity contribution in [2.45, 2.75) is 39.2 Å². The minimum Gasteiger partial charge on any atom is -0.362 e. The highest BCUT2D eigenvalue weighted by atomic mass is 35.5. The zero-order valence-corrected chi connectivity index (χ0v) is 12.0. The third-order valence-electron chi connectivity index (χ3n) is 3.57. The molecule has 0 unspecified atom stereocenters. The van der Waals surface area contributed by atoms with Crippen molar-refractivity contribution >= 4 is 17.3 Å². The van der Waals surface area contributed by atoms with E-state index in [9.17, 15) is 0 Å². The van der Waals surface area contributed by atoms with Gasteiger partial charge in [-0.3, -0.25) is 5.32 Å². The lowest BCUT2D eigenvalue weighted by Gasteiger charge is -2.32. The van der Waals surface area contributed by atoms with Crippen molar-refractivity contribution in [3.05, 3.63) is 29.3 Å². The Hall–Kier alpha value is -0.730. The highest BCUT2D eigenvalue weighted by molar-refractivity contribution is 6.30. The summed E-state index contributed by atoms with van der Waals surface area (Å²) in [4.78, 5) is 2.19. The van der Waals surface area contributed by atoms with E-state index in [4.69, 9.17) is 11.6 Å². The summed E-state index contributed by atoms with van der Waals surface area (Å²) in [5.41, 5.74) is 1.40. The summed E-state index contributed by atoms with van der Waals surface area (Å²) >= 11 is 5.88. The molecular weight excluding hydrogens is 232 g/mol. The summed E-state index contributed by atoms with van der Waals surface area (Å²) in [6, 6.07) is 7.93. The Morgan fingerprint density at radius 2 is 1.71 bits per heavy atom. The van der Waals surface area contributed by atoms with E-state index in [1.54, 1.807) is 0 Å². The summed E-state index contributed by atoms with van der Waals surface area (Å²) in [6.45, 7) is 7.56. The molecule has 0 heterocycles. The number of nitrogens with zero attached hydrogens (tertiary/aromatic N) is 1. The minimum absolute atomic E-state index is 0.223. The van der Waals surface area contributed by atoms with Crippen molar-refractivity contribution in [1.29, 1.82) is 0 Å². The molecule has 0 saturated carbocycles. The fourth-order valence-electron chi connectivity index (χ4n) is 1.60. The normalized spacial score (nSPS) is 11.6. The molecule has 3 heteroatoms. The van der Waals surface area contributed by atoms with Gasteiger partial charge in [-0.05, 0) is 44.0 Å². The monoisotopic (exact) mass is 254 g/mol. The SMILES string of the molecule is CCC(C)(CC)NCN(C)c1ccc(Cl)cc1. The van der Waals surface area contributed by atoms with Gasteiger partial charge in [-0.2, -0.15) is 0 Å². The number of benzene rings is 1. The van der Waals surface area contributed by atoms with E-state index in [1.165, 1.54) is 5.69 Å². The summed E-state index contributed by atoms with van der Waals surface area (Å²) in [6.07, 6.45) is 2.27. The van der Waals surface area contributed by atoms with Crippen LogP contribution in [0.15, 0.2) is 24.3 Å². The Morgan fingerprint density at radius 1 is 1.18 bits per heavy atom. The second-order valence-electron chi connectivity index (χ2n) is 4.78. The molecule has 1 aromatic carbocycles. The second kappa shape index (κ2) is 6.27. The third-order valence-corrected chi connectivity index (χ3v) is 3.82. The van der Waals surface area contributed by atoms with Crippen LogP contribution < -0.4 is 10.2 Å². The van der Waals surface area contributed by atoms with Gasteiger partial charge in [0.2, 0.25) is 0 Å². The molecule has 0 saturated heterocycles. The number of anilines is 1. The smallest absolute Gasteiger partial charge is 0.0682 e. The van der Waals surface area contributed by atoms with E-state index < -0.39 is 0 Å². The van der Waals surface area contributed by atoms with E-state index in [2.05, 4.69) is 38.0 Å². The maximum absolute atomic E-state index is 5.88. The number of halogens is 1. The van der Waals surface area contributed by atoms with E-state index in [-0.39, 0.29) is 5.54 Å². The number of hydrogen-bond donors (Lipinski definition) is 1. The Kier molecular flexibility index (Phi) is 5.29. The lowest BCUT2D eigenvalue weighted by Crippen LogP contribution is -2.46. The topological polar surface area (TPSA) is 15.3 Å². The van der Waals surface area contributed by atoms with Gasteiger partial charge in [-0.1, -0.05) is 25.4 Å². The highest BCUT2D eigenvalue weighted by Gasteiger charge is 2.18. The van der Waals surface area contributed by atoms with E-state index >= 15 is 0 Å². The molecule has 17 heavy (non-hydrogen) atoms. The first-order valence-electron chi connectivity index (χ1n) is 6.22. The fourth-order valence-corrected chi connectivity index (χ4v) is 1.72. The van der Waals surface area contributed by atoms with Crippen molar-refractivity contribution in [2.75, 3.05) is 18.6 Å². The predicted molar refractivity (Wildman–Crippen MR) is 76.8 cm³/mol. The lowest BCUT2D eigenvalue weighted by molar-refractivity contribution is 0.334. The first kappa shape index (κ1) is 14.3. The first-order valence-corrected chi connectivity index (χ1v) is 6.60. The largest absolute Gasteiger partial charge is 0.362 e. The van der Waals surface area contributed by atoms with Gasteiger partial charge in [0, 0.05) is 23.3 Å². The van der Waals surface area contributed by atoms with Crippen molar-refractivity contribution in [3.8, 4) is 0 Å². The molecule has 0 aromatic heterocycles. The van der Waals surface area contributed by atoms with Crippen molar-refractivity contribution in [2.24, 2.45) is 0 Å². The molecule has 0 atom stereocenters. The molecule has 0 bridgehead atoms. The van der Waals surface area contributed by atoms with Crippen molar-refractivity contribution in [1.82, 2.24) is 5.32 Å². The number of nitrogens with one attached hydrogen (secondary N) is 1. The lowest BCUT2D eigenvalue weighted by atomic mass is 9.96. The van der Waals surface area contributed by atoms with Gasteiger partial charge in [0.15, 0.2) is 0 Å². The van der Waals surface area contributed by atoms with Crippen LogP contribution in [-0.2, 0) is 0 Å². The molecular formula is C14H23ClN2. The van der Waals surface area contributed by atoms with Crippen LogP contribution in [0.5, 0.6) is 0 Å².